The van der Waals surface area contributed by atoms with Gasteiger partial charge in [-0.25, -0.2) is 9.97 Å². The molecule has 0 amide bonds. The predicted octanol–water partition coefficient (Wildman–Crippen LogP) is 4.36. The fourth-order valence-electron chi connectivity index (χ4n) is 2.33. The highest BCUT2D eigenvalue weighted by molar-refractivity contribution is 7.13. The maximum Gasteiger partial charge on any atom is 0.167 e. The summed E-state index contributed by atoms with van der Waals surface area (Å²) in [6.07, 6.45) is 0. The number of hydrogen-bond acceptors (Lipinski definition) is 4. The van der Waals surface area contributed by atoms with Crippen LogP contribution in [-0.4, -0.2) is 22.1 Å². The molecule has 0 spiro atoms. The van der Waals surface area contributed by atoms with Gasteiger partial charge in [0.25, 0.3) is 0 Å². The van der Waals surface area contributed by atoms with Crippen molar-refractivity contribution in [2.45, 2.75) is 0 Å². The lowest BCUT2D eigenvalue weighted by molar-refractivity contribution is 0.415. The van der Waals surface area contributed by atoms with Crippen LogP contribution in [0.5, 0.6) is 5.75 Å². The first kappa shape index (κ1) is 13.0. The van der Waals surface area contributed by atoms with E-state index >= 15 is 0 Å². The molecule has 0 saturated heterocycles. The molecule has 0 unspecified atom stereocenters. The first-order valence-corrected chi connectivity index (χ1v) is 7.76. The highest BCUT2D eigenvalue weighted by atomic mass is 32.1. The molecule has 0 bridgehead atoms. The van der Waals surface area contributed by atoms with Gasteiger partial charge in [0.1, 0.15) is 5.75 Å². The topological polar surface area (TPSA) is 50.8 Å². The van der Waals surface area contributed by atoms with E-state index in [4.69, 9.17) is 4.74 Å². The number of nitrogens with zero attached hydrogens (tertiary/aromatic N) is 2. The van der Waals surface area contributed by atoms with Gasteiger partial charge in [0.2, 0.25) is 0 Å². The van der Waals surface area contributed by atoms with Crippen molar-refractivity contribution in [1.82, 2.24) is 15.0 Å². The summed E-state index contributed by atoms with van der Waals surface area (Å²) in [7, 11) is 1.66. The van der Waals surface area contributed by atoms with Crippen molar-refractivity contribution < 1.29 is 4.74 Å². The molecule has 0 aliphatic rings. The number of imidazole rings is 1. The number of aromatic amines is 1. The maximum atomic E-state index is 5.18. The summed E-state index contributed by atoms with van der Waals surface area (Å²) in [6.45, 7) is 0. The molecule has 0 radical (unpaired) electrons. The average Bonchev–Trinajstić information content (AvgIpc) is 3.21. The Morgan fingerprint density at radius 2 is 1.82 bits per heavy atom. The molecular formula is C17H13N3OS. The minimum atomic E-state index is 0.811. The fraction of sp³-hybridized carbons (Fsp3) is 0.0588. The molecule has 0 saturated carbocycles. The second-order valence-corrected chi connectivity index (χ2v) is 5.73. The largest absolute Gasteiger partial charge is 0.497 e. The van der Waals surface area contributed by atoms with E-state index < -0.39 is 0 Å². The van der Waals surface area contributed by atoms with Crippen molar-refractivity contribution in [1.29, 1.82) is 0 Å². The Bertz CT molecular complexity index is 891. The Morgan fingerprint density at radius 1 is 1.00 bits per heavy atom. The van der Waals surface area contributed by atoms with Crippen LogP contribution >= 0.6 is 11.3 Å². The summed E-state index contributed by atoms with van der Waals surface area (Å²) < 4.78 is 5.18. The van der Waals surface area contributed by atoms with Crippen LogP contribution < -0.4 is 4.74 Å². The molecular weight excluding hydrogens is 294 g/mol. The number of nitrogens with one attached hydrogen (secondary N) is 1. The first-order chi connectivity index (χ1) is 10.8. The molecule has 0 aliphatic heterocycles. The van der Waals surface area contributed by atoms with Gasteiger partial charge in [0.05, 0.1) is 23.8 Å². The van der Waals surface area contributed by atoms with E-state index in [1.54, 1.807) is 18.4 Å². The van der Waals surface area contributed by atoms with Crippen molar-refractivity contribution in [2.24, 2.45) is 0 Å². The zero-order valence-corrected chi connectivity index (χ0v) is 12.7. The number of ether oxygens (including phenoxy) is 1. The van der Waals surface area contributed by atoms with E-state index in [0.29, 0.717) is 0 Å². The number of benzene rings is 2. The molecule has 0 atom stereocenters. The molecule has 5 heteroatoms. The molecule has 0 aliphatic carbocycles. The van der Waals surface area contributed by atoms with Crippen LogP contribution in [0.15, 0.2) is 53.9 Å². The van der Waals surface area contributed by atoms with Gasteiger partial charge in [-0.05, 0) is 36.4 Å². The zero-order valence-electron chi connectivity index (χ0n) is 11.9. The minimum Gasteiger partial charge on any atom is -0.497 e. The number of para-hydroxylation sites is 2. The standard InChI is InChI=1S/C17H13N3OS/c1-21-12-8-6-11(7-9-12)15-10-22-17(20-15)16-18-13-4-2-3-5-14(13)19-16/h2-10H,1H3,(H,18,19). The second kappa shape index (κ2) is 5.27. The average molecular weight is 307 g/mol. The summed E-state index contributed by atoms with van der Waals surface area (Å²) in [5.74, 6) is 1.66. The third kappa shape index (κ3) is 2.25. The number of methoxy groups -OCH3 is 1. The Balaban J connectivity index is 1.70. The summed E-state index contributed by atoms with van der Waals surface area (Å²) in [6, 6.07) is 15.9. The van der Waals surface area contributed by atoms with Crippen LogP contribution in [0.25, 0.3) is 33.1 Å². The molecule has 4 rings (SSSR count). The maximum absolute atomic E-state index is 5.18. The van der Waals surface area contributed by atoms with Crippen LogP contribution in [0.4, 0.5) is 0 Å². The van der Waals surface area contributed by atoms with Crippen LogP contribution in [0.3, 0.4) is 0 Å². The van der Waals surface area contributed by atoms with E-state index in [1.807, 2.05) is 53.9 Å². The number of aromatic nitrogens is 3. The highest BCUT2D eigenvalue weighted by Crippen LogP contribution is 2.29. The third-order valence-electron chi connectivity index (χ3n) is 3.48. The van der Waals surface area contributed by atoms with Gasteiger partial charge in [-0.2, -0.15) is 0 Å². The molecule has 108 valence electrons. The summed E-state index contributed by atoms with van der Waals surface area (Å²) in [5, 5.41) is 2.94. The molecule has 4 aromatic rings. The predicted molar refractivity (Wildman–Crippen MR) is 89.2 cm³/mol. The Hall–Kier alpha value is -2.66. The number of H-pyrrole nitrogens is 1. The quantitative estimate of drug-likeness (QED) is 0.611. The minimum absolute atomic E-state index is 0.811. The van der Waals surface area contributed by atoms with Crippen LogP contribution in [-0.2, 0) is 0 Å². The third-order valence-corrected chi connectivity index (χ3v) is 4.33. The fourth-order valence-corrected chi connectivity index (χ4v) is 3.10. The second-order valence-electron chi connectivity index (χ2n) is 4.87. The molecule has 22 heavy (non-hydrogen) atoms. The van der Waals surface area contributed by atoms with Gasteiger partial charge in [0.15, 0.2) is 10.8 Å². The van der Waals surface area contributed by atoms with Crippen LogP contribution in [0.2, 0.25) is 0 Å². The lowest BCUT2D eigenvalue weighted by Crippen LogP contribution is -1.83. The van der Waals surface area contributed by atoms with Gasteiger partial charge >= 0.3 is 0 Å². The van der Waals surface area contributed by atoms with E-state index in [0.717, 1.165) is 38.9 Å². The van der Waals surface area contributed by atoms with Crippen molar-refractivity contribution in [2.75, 3.05) is 7.11 Å². The number of rotatable bonds is 3. The number of hydrogen-bond donors (Lipinski definition) is 1. The van der Waals surface area contributed by atoms with Crippen LogP contribution in [0, 0.1) is 0 Å². The summed E-state index contributed by atoms with van der Waals surface area (Å²) in [5.41, 5.74) is 4.00. The first-order valence-electron chi connectivity index (χ1n) is 6.88. The molecule has 2 aromatic carbocycles. The summed E-state index contributed by atoms with van der Waals surface area (Å²) in [4.78, 5) is 12.6. The Morgan fingerprint density at radius 3 is 2.59 bits per heavy atom. The number of fused-ring (bicyclic) bond motifs is 1. The van der Waals surface area contributed by atoms with Gasteiger partial charge in [-0.1, -0.05) is 12.1 Å². The Labute approximate surface area is 131 Å². The monoisotopic (exact) mass is 307 g/mol. The molecule has 2 aromatic heterocycles. The van der Waals surface area contributed by atoms with E-state index in [2.05, 4.69) is 15.0 Å². The van der Waals surface area contributed by atoms with Gasteiger partial charge in [-0.15, -0.1) is 11.3 Å². The van der Waals surface area contributed by atoms with E-state index in [9.17, 15) is 0 Å². The van der Waals surface area contributed by atoms with Gasteiger partial charge in [-0.3, -0.25) is 0 Å². The van der Waals surface area contributed by atoms with Crippen molar-refractivity contribution >= 4 is 22.4 Å². The van der Waals surface area contributed by atoms with E-state index in [-0.39, 0.29) is 0 Å². The van der Waals surface area contributed by atoms with Crippen molar-refractivity contribution in [3.05, 3.63) is 53.9 Å². The molecule has 0 fully saturated rings. The van der Waals surface area contributed by atoms with Gasteiger partial charge in [0, 0.05) is 10.9 Å². The molecule has 4 nitrogen and oxygen atoms in total. The normalized spacial score (nSPS) is 11.0. The van der Waals surface area contributed by atoms with Crippen molar-refractivity contribution in [3.63, 3.8) is 0 Å². The zero-order chi connectivity index (χ0) is 14.9. The highest BCUT2D eigenvalue weighted by Gasteiger charge is 2.10. The smallest absolute Gasteiger partial charge is 0.167 e. The van der Waals surface area contributed by atoms with Crippen molar-refractivity contribution in [3.8, 4) is 27.8 Å². The van der Waals surface area contributed by atoms with Gasteiger partial charge < -0.3 is 9.72 Å². The molecule has 1 N–H and O–H groups in total. The van der Waals surface area contributed by atoms with E-state index in [1.165, 1.54) is 0 Å². The lowest BCUT2D eigenvalue weighted by Gasteiger charge is -2.00. The Kier molecular flexibility index (Phi) is 3.12. The SMILES string of the molecule is COc1ccc(-c2csc(-c3nc4ccccc4[nH]3)n2)cc1. The summed E-state index contributed by atoms with van der Waals surface area (Å²) >= 11 is 1.59. The van der Waals surface area contributed by atoms with Crippen LogP contribution in [0.1, 0.15) is 0 Å². The lowest BCUT2D eigenvalue weighted by atomic mass is 10.2. The number of thiazole rings is 1. The molecule has 2 heterocycles.